The van der Waals surface area contributed by atoms with Crippen LogP contribution >= 0.6 is 0 Å². The van der Waals surface area contributed by atoms with E-state index in [1.165, 1.54) is 12.1 Å². The fraction of sp³-hybridized carbons (Fsp3) is 0.462. The van der Waals surface area contributed by atoms with Crippen LogP contribution in [0.1, 0.15) is 33.6 Å². The number of nitrogens with one attached hydrogen (secondary N) is 1. The topological polar surface area (TPSA) is 111 Å². The van der Waals surface area contributed by atoms with E-state index in [0.717, 1.165) is 24.6 Å². The van der Waals surface area contributed by atoms with Crippen molar-refractivity contribution in [2.75, 3.05) is 5.43 Å². The summed E-state index contributed by atoms with van der Waals surface area (Å²) >= 11 is 0. The average molecular weight is 294 g/mol. The molecule has 8 heteroatoms. The quantitative estimate of drug-likeness (QED) is 0.468. The van der Waals surface area contributed by atoms with Crippen LogP contribution in [0.5, 0.6) is 0 Å². The first kappa shape index (κ1) is 16.5. The lowest BCUT2D eigenvalue weighted by molar-refractivity contribution is -0.393. The van der Waals surface area contributed by atoms with Crippen LogP contribution in [0.3, 0.4) is 0 Å². The third-order valence-electron chi connectivity index (χ3n) is 2.78. The zero-order valence-electron chi connectivity index (χ0n) is 12.2. The SMILES string of the molecule is CC/C(CC(C)C)=N\Nc1ccc([N+](=O)[O-])cc1[N+](=O)[O-]. The molecule has 0 aliphatic heterocycles. The van der Waals surface area contributed by atoms with Crippen molar-refractivity contribution in [2.45, 2.75) is 33.6 Å². The summed E-state index contributed by atoms with van der Waals surface area (Å²) in [6.07, 6.45) is 1.51. The van der Waals surface area contributed by atoms with Gasteiger partial charge in [0.25, 0.3) is 5.69 Å². The lowest BCUT2D eigenvalue weighted by atomic mass is 10.1. The average Bonchev–Trinajstić information content (AvgIpc) is 2.42. The van der Waals surface area contributed by atoms with Crippen LogP contribution in [0.15, 0.2) is 23.3 Å². The monoisotopic (exact) mass is 294 g/mol. The number of nitrogens with zero attached hydrogens (tertiary/aromatic N) is 3. The molecule has 0 spiro atoms. The van der Waals surface area contributed by atoms with Gasteiger partial charge in [-0.1, -0.05) is 20.8 Å². The van der Waals surface area contributed by atoms with Gasteiger partial charge in [-0.05, 0) is 24.8 Å². The highest BCUT2D eigenvalue weighted by Crippen LogP contribution is 2.29. The van der Waals surface area contributed by atoms with E-state index in [4.69, 9.17) is 0 Å². The predicted octanol–water partition coefficient (Wildman–Crippen LogP) is 3.73. The molecule has 0 aliphatic rings. The molecule has 1 aromatic rings. The van der Waals surface area contributed by atoms with E-state index in [-0.39, 0.29) is 17.1 Å². The van der Waals surface area contributed by atoms with Gasteiger partial charge in [-0.15, -0.1) is 0 Å². The van der Waals surface area contributed by atoms with Gasteiger partial charge in [0.2, 0.25) is 0 Å². The Kier molecular flexibility index (Phi) is 5.77. The molecule has 0 radical (unpaired) electrons. The highest BCUT2D eigenvalue weighted by Gasteiger charge is 2.19. The van der Waals surface area contributed by atoms with Crippen LogP contribution in [-0.2, 0) is 0 Å². The highest BCUT2D eigenvalue weighted by molar-refractivity contribution is 5.85. The van der Waals surface area contributed by atoms with E-state index < -0.39 is 9.85 Å². The number of nitro groups is 2. The molecule has 1 rings (SSSR count). The molecule has 0 bridgehead atoms. The standard InChI is InChI=1S/C13H18N4O4/c1-4-10(7-9(2)3)14-15-12-6-5-11(16(18)19)8-13(12)17(20)21/h5-6,8-9,15H,4,7H2,1-3H3/b14-10+. The van der Waals surface area contributed by atoms with Gasteiger partial charge in [0.15, 0.2) is 0 Å². The van der Waals surface area contributed by atoms with E-state index in [1.54, 1.807) is 0 Å². The van der Waals surface area contributed by atoms with E-state index in [2.05, 4.69) is 24.4 Å². The molecule has 1 N–H and O–H groups in total. The maximum Gasteiger partial charge on any atom is 0.301 e. The molecular formula is C13H18N4O4. The largest absolute Gasteiger partial charge is 0.301 e. The smallest absolute Gasteiger partial charge is 0.272 e. The maximum atomic E-state index is 11.0. The second kappa shape index (κ2) is 7.32. The third kappa shape index (κ3) is 4.83. The molecule has 114 valence electrons. The lowest BCUT2D eigenvalue weighted by Gasteiger charge is -2.08. The van der Waals surface area contributed by atoms with E-state index in [0.29, 0.717) is 5.92 Å². The normalized spacial score (nSPS) is 11.5. The molecule has 0 saturated heterocycles. The van der Waals surface area contributed by atoms with Crippen molar-refractivity contribution < 1.29 is 9.85 Å². The van der Waals surface area contributed by atoms with E-state index in [1.807, 2.05) is 6.92 Å². The molecule has 0 saturated carbocycles. The van der Waals surface area contributed by atoms with Crippen LogP contribution in [-0.4, -0.2) is 15.6 Å². The Morgan fingerprint density at radius 1 is 1.29 bits per heavy atom. The molecule has 0 amide bonds. The van der Waals surface area contributed by atoms with Crippen LogP contribution in [0.2, 0.25) is 0 Å². The van der Waals surface area contributed by atoms with Gasteiger partial charge in [-0.25, -0.2) is 0 Å². The van der Waals surface area contributed by atoms with Gasteiger partial charge in [0.05, 0.1) is 15.9 Å². The summed E-state index contributed by atoms with van der Waals surface area (Å²) in [5, 5.41) is 25.8. The van der Waals surface area contributed by atoms with Crippen LogP contribution in [0, 0.1) is 26.1 Å². The minimum Gasteiger partial charge on any atom is -0.272 e. The minimum absolute atomic E-state index is 0.139. The maximum absolute atomic E-state index is 11.0. The second-order valence-electron chi connectivity index (χ2n) is 4.96. The summed E-state index contributed by atoms with van der Waals surface area (Å²) < 4.78 is 0. The number of hydrogen-bond acceptors (Lipinski definition) is 6. The van der Waals surface area contributed by atoms with Crippen molar-refractivity contribution >= 4 is 22.8 Å². The molecular weight excluding hydrogens is 276 g/mol. The summed E-state index contributed by atoms with van der Waals surface area (Å²) in [6.45, 7) is 6.06. The molecule has 0 fully saturated rings. The zero-order valence-corrected chi connectivity index (χ0v) is 12.2. The van der Waals surface area contributed by atoms with Crippen LogP contribution < -0.4 is 5.43 Å². The fourth-order valence-electron chi connectivity index (χ4n) is 1.76. The Bertz CT molecular complexity index is 569. The van der Waals surface area contributed by atoms with Gasteiger partial charge >= 0.3 is 5.69 Å². The first-order valence-electron chi connectivity index (χ1n) is 6.59. The summed E-state index contributed by atoms with van der Waals surface area (Å²) in [7, 11) is 0. The van der Waals surface area contributed by atoms with E-state index >= 15 is 0 Å². The molecule has 0 atom stereocenters. The first-order chi connectivity index (χ1) is 9.85. The van der Waals surface area contributed by atoms with Gasteiger partial charge in [-0.2, -0.15) is 5.10 Å². The van der Waals surface area contributed by atoms with Crippen molar-refractivity contribution in [3.05, 3.63) is 38.4 Å². The Balaban J connectivity index is 3.04. The Labute approximate surface area is 122 Å². The molecule has 0 aromatic heterocycles. The van der Waals surface area contributed by atoms with Crippen LogP contribution in [0.4, 0.5) is 17.1 Å². The van der Waals surface area contributed by atoms with E-state index in [9.17, 15) is 20.2 Å². The number of benzene rings is 1. The number of non-ortho nitro benzene ring substituents is 1. The fourth-order valence-corrected chi connectivity index (χ4v) is 1.76. The molecule has 0 aliphatic carbocycles. The summed E-state index contributed by atoms with van der Waals surface area (Å²) in [5.74, 6) is 0.428. The van der Waals surface area contributed by atoms with Crippen molar-refractivity contribution in [1.82, 2.24) is 0 Å². The van der Waals surface area contributed by atoms with Crippen LogP contribution in [0.25, 0.3) is 0 Å². The lowest BCUT2D eigenvalue weighted by Crippen LogP contribution is -2.06. The number of hydrogen-bond donors (Lipinski definition) is 1. The van der Waals surface area contributed by atoms with Gasteiger partial charge < -0.3 is 0 Å². The molecule has 0 unspecified atom stereocenters. The molecule has 8 nitrogen and oxygen atoms in total. The summed E-state index contributed by atoms with van der Waals surface area (Å²) in [6, 6.07) is 3.42. The second-order valence-corrected chi connectivity index (χ2v) is 4.96. The van der Waals surface area contributed by atoms with Crippen molar-refractivity contribution in [3.8, 4) is 0 Å². The van der Waals surface area contributed by atoms with Crippen molar-refractivity contribution in [2.24, 2.45) is 11.0 Å². The van der Waals surface area contributed by atoms with Gasteiger partial charge in [0.1, 0.15) is 5.69 Å². The highest BCUT2D eigenvalue weighted by atomic mass is 16.6. The Hall–Kier alpha value is -2.51. The summed E-state index contributed by atoms with van der Waals surface area (Å²) in [5.41, 5.74) is 2.97. The van der Waals surface area contributed by atoms with Crippen molar-refractivity contribution in [1.29, 1.82) is 0 Å². The number of hydrazone groups is 1. The Morgan fingerprint density at radius 3 is 2.43 bits per heavy atom. The predicted molar refractivity (Wildman–Crippen MR) is 80.6 cm³/mol. The number of nitro benzene ring substituents is 2. The zero-order chi connectivity index (χ0) is 16.0. The van der Waals surface area contributed by atoms with Crippen molar-refractivity contribution in [3.63, 3.8) is 0 Å². The summed E-state index contributed by atoms with van der Waals surface area (Å²) in [4.78, 5) is 20.3. The van der Waals surface area contributed by atoms with Gasteiger partial charge in [0, 0.05) is 11.8 Å². The minimum atomic E-state index is -0.670. The molecule has 0 heterocycles. The Morgan fingerprint density at radius 2 is 1.95 bits per heavy atom. The van der Waals surface area contributed by atoms with Gasteiger partial charge in [-0.3, -0.25) is 25.7 Å². The first-order valence-corrected chi connectivity index (χ1v) is 6.59. The molecule has 21 heavy (non-hydrogen) atoms. The molecule has 1 aromatic carbocycles. The number of anilines is 1. The number of rotatable bonds is 7. The third-order valence-corrected chi connectivity index (χ3v) is 2.78.